The van der Waals surface area contributed by atoms with E-state index in [4.69, 9.17) is 11.6 Å². The number of halogens is 1. The Balaban J connectivity index is 1.78. The van der Waals surface area contributed by atoms with E-state index in [0.717, 1.165) is 23.4 Å². The minimum absolute atomic E-state index is 0.00871. The Hall–Kier alpha value is -2.78. The van der Waals surface area contributed by atoms with Gasteiger partial charge in [-0.2, -0.15) is 0 Å². The number of rotatable bonds is 4. The minimum atomic E-state index is -0.297. The summed E-state index contributed by atoms with van der Waals surface area (Å²) < 4.78 is 0. The summed E-state index contributed by atoms with van der Waals surface area (Å²) in [6.07, 6.45) is 0.791. The molecule has 1 aliphatic heterocycles. The maximum Gasteiger partial charge on any atom is 0.262 e. The van der Waals surface area contributed by atoms with E-state index >= 15 is 0 Å². The fourth-order valence-electron chi connectivity index (χ4n) is 3.60. The zero-order chi connectivity index (χ0) is 19.7. The maximum atomic E-state index is 13.4. The van der Waals surface area contributed by atoms with Crippen LogP contribution in [0.25, 0.3) is 0 Å². The molecule has 0 saturated heterocycles. The van der Waals surface area contributed by atoms with Crippen molar-refractivity contribution in [3.63, 3.8) is 0 Å². The molecule has 142 valence electrons. The van der Waals surface area contributed by atoms with Crippen molar-refractivity contribution < 1.29 is 4.79 Å². The van der Waals surface area contributed by atoms with Gasteiger partial charge in [0, 0.05) is 16.4 Å². The van der Waals surface area contributed by atoms with Crippen molar-refractivity contribution in [3.8, 4) is 0 Å². The van der Waals surface area contributed by atoms with Crippen molar-refractivity contribution in [1.29, 1.82) is 0 Å². The van der Waals surface area contributed by atoms with E-state index < -0.39 is 0 Å². The molecule has 1 aliphatic rings. The van der Waals surface area contributed by atoms with Crippen LogP contribution in [-0.2, 0) is 0 Å². The highest BCUT2D eigenvalue weighted by molar-refractivity contribution is 6.30. The van der Waals surface area contributed by atoms with E-state index in [2.05, 4.69) is 31.3 Å². The van der Waals surface area contributed by atoms with E-state index in [9.17, 15) is 4.79 Å². The molecule has 28 heavy (non-hydrogen) atoms. The fourth-order valence-corrected chi connectivity index (χ4v) is 3.72. The molecule has 3 nitrogen and oxygen atoms in total. The van der Waals surface area contributed by atoms with Gasteiger partial charge >= 0.3 is 0 Å². The van der Waals surface area contributed by atoms with E-state index in [-0.39, 0.29) is 12.1 Å². The van der Waals surface area contributed by atoms with E-state index in [0.29, 0.717) is 16.5 Å². The van der Waals surface area contributed by atoms with Crippen molar-refractivity contribution in [3.05, 3.63) is 94.5 Å². The zero-order valence-electron chi connectivity index (χ0n) is 16.0. The number of nitrogens with zero attached hydrogens (tertiary/aromatic N) is 1. The van der Waals surface area contributed by atoms with E-state index in [1.807, 2.05) is 65.6 Å². The highest BCUT2D eigenvalue weighted by Gasteiger charge is 2.33. The molecule has 2 unspecified atom stereocenters. The van der Waals surface area contributed by atoms with Crippen LogP contribution < -0.4 is 10.2 Å². The van der Waals surface area contributed by atoms with Gasteiger partial charge in [0.05, 0.1) is 5.56 Å². The summed E-state index contributed by atoms with van der Waals surface area (Å²) in [5.74, 6) is 0.489. The van der Waals surface area contributed by atoms with Crippen molar-refractivity contribution in [1.82, 2.24) is 0 Å². The van der Waals surface area contributed by atoms with E-state index in [1.165, 1.54) is 5.56 Å². The highest BCUT2D eigenvalue weighted by atomic mass is 35.5. The maximum absolute atomic E-state index is 13.4. The lowest BCUT2D eigenvalue weighted by Gasteiger charge is -2.38. The summed E-state index contributed by atoms with van der Waals surface area (Å²) in [6, 6.07) is 23.6. The Morgan fingerprint density at radius 2 is 1.68 bits per heavy atom. The Morgan fingerprint density at radius 1 is 1.00 bits per heavy atom. The first-order valence-corrected chi connectivity index (χ1v) is 10.0. The zero-order valence-corrected chi connectivity index (χ0v) is 16.8. The fraction of sp³-hybridized carbons (Fsp3) is 0.208. The number of nitrogens with one attached hydrogen (secondary N) is 1. The van der Waals surface area contributed by atoms with E-state index in [1.54, 1.807) is 0 Å². The molecular formula is C24H23ClN2O. The molecule has 3 aromatic carbocycles. The molecule has 0 bridgehead atoms. The molecule has 2 atom stereocenters. The molecule has 0 saturated carbocycles. The number of fused-ring (bicyclic) bond motifs is 1. The third-order valence-corrected chi connectivity index (χ3v) is 5.72. The molecule has 0 radical (unpaired) electrons. The normalized spacial score (nSPS) is 17.0. The van der Waals surface area contributed by atoms with Gasteiger partial charge < -0.3 is 5.32 Å². The van der Waals surface area contributed by atoms with Gasteiger partial charge in [-0.25, -0.2) is 0 Å². The quantitative estimate of drug-likeness (QED) is 0.542. The smallest absolute Gasteiger partial charge is 0.262 e. The number of para-hydroxylation sites is 1. The van der Waals surface area contributed by atoms with Crippen molar-refractivity contribution in [2.75, 3.05) is 10.2 Å². The lowest BCUT2D eigenvalue weighted by atomic mass is 9.97. The second-order valence-electron chi connectivity index (χ2n) is 7.22. The largest absolute Gasteiger partial charge is 0.360 e. The van der Waals surface area contributed by atoms with Crippen LogP contribution in [-0.4, -0.2) is 5.91 Å². The van der Waals surface area contributed by atoms with Crippen LogP contribution in [0.5, 0.6) is 0 Å². The Labute approximate surface area is 171 Å². The summed E-state index contributed by atoms with van der Waals surface area (Å²) in [6.45, 7) is 4.40. The first-order chi connectivity index (χ1) is 13.6. The van der Waals surface area contributed by atoms with Gasteiger partial charge in [0.15, 0.2) is 0 Å². The first-order valence-electron chi connectivity index (χ1n) is 9.63. The molecule has 0 aromatic heterocycles. The number of hydrogen-bond donors (Lipinski definition) is 1. The molecule has 4 heteroatoms. The van der Waals surface area contributed by atoms with Crippen LogP contribution in [0.15, 0.2) is 72.8 Å². The third kappa shape index (κ3) is 3.38. The summed E-state index contributed by atoms with van der Waals surface area (Å²) in [4.78, 5) is 15.2. The van der Waals surface area contributed by atoms with Crippen LogP contribution in [0.4, 0.5) is 11.4 Å². The van der Waals surface area contributed by atoms with Crippen molar-refractivity contribution >= 4 is 28.9 Å². The summed E-state index contributed by atoms with van der Waals surface area (Å²) >= 11 is 6.07. The molecule has 3 aromatic rings. The van der Waals surface area contributed by atoms with Crippen LogP contribution in [0, 0.1) is 0 Å². The molecular weight excluding hydrogens is 368 g/mol. The Bertz CT molecular complexity index is 982. The van der Waals surface area contributed by atoms with Crippen molar-refractivity contribution in [2.24, 2.45) is 0 Å². The van der Waals surface area contributed by atoms with Gasteiger partial charge in [-0.1, -0.05) is 61.8 Å². The van der Waals surface area contributed by atoms with Gasteiger partial charge in [-0.3, -0.25) is 9.69 Å². The van der Waals surface area contributed by atoms with Gasteiger partial charge in [0.25, 0.3) is 5.91 Å². The molecule has 0 spiro atoms. The summed E-state index contributed by atoms with van der Waals surface area (Å²) in [5, 5.41) is 4.20. The molecule has 1 heterocycles. The van der Waals surface area contributed by atoms with Crippen LogP contribution in [0.1, 0.15) is 53.8 Å². The van der Waals surface area contributed by atoms with Crippen LogP contribution >= 0.6 is 11.6 Å². The topological polar surface area (TPSA) is 32.3 Å². The van der Waals surface area contributed by atoms with Crippen LogP contribution in [0.2, 0.25) is 5.02 Å². The second kappa shape index (κ2) is 7.69. The lowest BCUT2D eigenvalue weighted by Crippen LogP contribution is -2.43. The second-order valence-corrected chi connectivity index (χ2v) is 7.66. The van der Waals surface area contributed by atoms with Gasteiger partial charge in [-0.15, -0.1) is 0 Å². The first kappa shape index (κ1) is 18.6. The average Bonchev–Trinajstić information content (AvgIpc) is 2.74. The number of carbonyl (C=O) groups excluding carboxylic acids is 1. The SMILES string of the molecule is CCC(C)c1ccc(N2C(=O)c3ccccc3NC2c2ccc(Cl)cc2)cc1. The van der Waals surface area contributed by atoms with Crippen molar-refractivity contribution in [2.45, 2.75) is 32.4 Å². The van der Waals surface area contributed by atoms with Gasteiger partial charge in [0.2, 0.25) is 0 Å². The van der Waals surface area contributed by atoms with Gasteiger partial charge in [0.1, 0.15) is 6.17 Å². The highest BCUT2D eigenvalue weighted by Crippen LogP contribution is 2.37. The standard InChI is InChI=1S/C24H23ClN2O/c1-3-16(2)17-10-14-20(15-11-17)27-23(18-8-12-19(25)13-9-18)26-22-7-5-4-6-21(22)24(27)28/h4-16,23,26H,3H2,1-2H3. The average molecular weight is 391 g/mol. The molecule has 0 aliphatic carbocycles. The molecule has 1 amide bonds. The molecule has 1 N–H and O–H groups in total. The predicted octanol–water partition coefficient (Wildman–Crippen LogP) is 6.62. The summed E-state index contributed by atoms with van der Waals surface area (Å²) in [7, 11) is 0. The Kier molecular flexibility index (Phi) is 5.10. The molecule has 4 rings (SSSR count). The molecule has 0 fully saturated rings. The number of carbonyl (C=O) groups is 1. The van der Waals surface area contributed by atoms with Gasteiger partial charge in [-0.05, 0) is 59.9 Å². The lowest BCUT2D eigenvalue weighted by molar-refractivity contribution is 0.0975. The Morgan fingerprint density at radius 3 is 2.36 bits per heavy atom. The monoisotopic (exact) mass is 390 g/mol. The number of benzene rings is 3. The van der Waals surface area contributed by atoms with Crippen LogP contribution in [0.3, 0.4) is 0 Å². The minimum Gasteiger partial charge on any atom is -0.360 e. The number of amides is 1. The number of anilines is 2. The predicted molar refractivity (Wildman–Crippen MR) is 116 cm³/mol. The third-order valence-electron chi connectivity index (χ3n) is 5.47. The number of hydrogen-bond acceptors (Lipinski definition) is 2. The summed E-state index contributed by atoms with van der Waals surface area (Å²) in [5.41, 5.74) is 4.67.